The molecule has 2 aromatic rings. The largest absolute Gasteiger partial charge is 0.241 e. The van der Waals surface area contributed by atoms with E-state index in [1.165, 1.54) is 47.3 Å². The van der Waals surface area contributed by atoms with Crippen LogP contribution in [0.2, 0.25) is 0 Å². The number of aromatic nitrogens is 1. The standard InChI is InChI=1S/C16H21NS/c1-12(2)11-16(9-5-6-10-16)15-17-13-7-3-4-8-14(13)18-15/h3-4,7-8,12H,5-6,9-11H2,1-2H3. The van der Waals surface area contributed by atoms with Crippen LogP contribution in [0.3, 0.4) is 0 Å². The van der Waals surface area contributed by atoms with Gasteiger partial charge in [-0.2, -0.15) is 0 Å². The van der Waals surface area contributed by atoms with Gasteiger partial charge in [0, 0.05) is 5.41 Å². The summed E-state index contributed by atoms with van der Waals surface area (Å²) in [4.78, 5) is 4.94. The van der Waals surface area contributed by atoms with E-state index in [4.69, 9.17) is 4.98 Å². The van der Waals surface area contributed by atoms with Gasteiger partial charge in [-0.15, -0.1) is 11.3 Å². The normalized spacial score (nSPS) is 18.8. The molecular formula is C16H21NS. The Kier molecular flexibility index (Phi) is 3.14. The second kappa shape index (κ2) is 4.65. The maximum absolute atomic E-state index is 4.94. The fourth-order valence-electron chi connectivity index (χ4n) is 3.44. The van der Waals surface area contributed by atoms with Crippen LogP contribution in [0.4, 0.5) is 0 Å². The molecule has 1 fully saturated rings. The lowest BCUT2D eigenvalue weighted by Crippen LogP contribution is -2.24. The Morgan fingerprint density at radius 1 is 1.22 bits per heavy atom. The molecule has 1 heterocycles. The topological polar surface area (TPSA) is 12.9 Å². The predicted octanol–water partition coefficient (Wildman–Crippen LogP) is 5.15. The minimum absolute atomic E-state index is 0.387. The molecule has 2 heteroatoms. The molecule has 0 atom stereocenters. The van der Waals surface area contributed by atoms with Crippen molar-refractivity contribution in [3.05, 3.63) is 29.3 Å². The van der Waals surface area contributed by atoms with Gasteiger partial charge in [-0.3, -0.25) is 0 Å². The summed E-state index contributed by atoms with van der Waals surface area (Å²) in [6.45, 7) is 4.68. The monoisotopic (exact) mass is 259 g/mol. The van der Waals surface area contributed by atoms with E-state index in [1.807, 2.05) is 11.3 Å². The van der Waals surface area contributed by atoms with Crippen LogP contribution >= 0.6 is 11.3 Å². The summed E-state index contributed by atoms with van der Waals surface area (Å²) in [5.41, 5.74) is 1.57. The quantitative estimate of drug-likeness (QED) is 0.742. The lowest BCUT2D eigenvalue weighted by Gasteiger charge is -2.28. The first-order chi connectivity index (χ1) is 8.70. The second-order valence-electron chi connectivity index (χ2n) is 6.07. The number of para-hydroxylation sites is 1. The van der Waals surface area contributed by atoms with Crippen molar-refractivity contribution in [2.75, 3.05) is 0 Å². The molecule has 0 amide bonds. The van der Waals surface area contributed by atoms with Gasteiger partial charge in [0.2, 0.25) is 0 Å². The van der Waals surface area contributed by atoms with Gasteiger partial charge in [-0.1, -0.05) is 38.8 Å². The van der Waals surface area contributed by atoms with Crippen LogP contribution in [0.15, 0.2) is 24.3 Å². The van der Waals surface area contributed by atoms with Crippen LogP contribution in [0.1, 0.15) is 51.0 Å². The van der Waals surface area contributed by atoms with Gasteiger partial charge in [-0.05, 0) is 37.3 Å². The molecule has 0 aliphatic heterocycles. The summed E-state index contributed by atoms with van der Waals surface area (Å²) in [5, 5.41) is 1.40. The molecule has 0 unspecified atom stereocenters. The summed E-state index contributed by atoms with van der Waals surface area (Å²) in [6.07, 6.45) is 6.73. The summed E-state index contributed by atoms with van der Waals surface area (Å²) in [6, 6.07) is 8.56. The van der Waals surface area contributed by atoms with E-state index in [9.17, 15) is 0 Å². The first-order valence-corrected chi connectivity index (χ1v) is 7.87. The maximum Gasteiger partial charge on any atom is 0.1000 e. The van der Waals surface area contributed by atoms with Gasteiger partial charge in [0.1, 0.15) is 0 Å². The van der Waals surface area contributed by atoms with Crippen molar-refractivity contribution >= 4 is 21.6 Å². The van der Waals surface area contributed by atoms with E-state index in [0.29, 0.717) is 5.41 Å². The Balaban J connectivity index is 2.04. The zero-order chi connectivity index (χ0) is 12.6. The summed E-state index contributed by atoms with van der Waals surface area (Å²) in [5.74, 6) is 0.759. The van der Waals surface area contributed by atoms with Gasteiger partial charge in [0.15, 0.2) is 0 Å². The molecule has 18 heavy (non-hydrogen) atoms. The van der Waals surface area contributed by atoms with E-state index < -0.39 is 0 Å². The number of nitrogens with zero attached hydrogens (tertiary/aromatic N) is 1. The lowest BCUT2D eigenvalue weighted by molar-refractivity contribution is 0.346. The number of fused-ring (bicyclic) bond motifs is 1. The Morgan fingerprint density at radius 2 is 1.94 bits per heavy atom. The number of thiazole rings is 1. The van der Waals surface area contributed by atoms with Gasteiger partial charge < -0.3 is 0 Å². The highest BCUT2D eigenvalue weighted by Gasteiger charge is 2.38. The van der Waals surface area contributed by atoms with Gasteiger partial charge in [0.05, 0.1) is 15.2 Å². The SMILES string of the molecule is CC(C)CC1(c2nc3ccccc3s2)CCCC1. The van der Waals surface area contributed by atoms with Crippen LogP contribution in [-0.2, 0) is 5.41 Å². The number of benzene rings is 1. The number of hydrogen-bond acceptors (Lipinski definition) is 2. The van der Waals surface area contributed by atoms with Crippen molar-refractivity contribution in [1.82, 2.24) is 4.98 Å². The van der Waals surface area contributed by atoms with Crippen LogP contribution in [-0.4, -0.2) is 4.98 Å². The molecule has 1 aromatic heterocycles. The second-order valence-corrected chi connectivity index (χ2v) is 7.10. The molecule has 0 radical (unpaired) electrons. The molecule has 1 aliphatic rings. The van der Waals surface area contributed by atoms with E-state index >= 15 is 0 Å². The average molecular weight is 259 g/mol. The molecule has 0 bridgehead atoms. The zero-order valence-electron chi connectivity index (χ0n) is 11.3. The third-order valence-corrected chi connectivity index (χ3v) is 5.39. The predicted molar refractivity (Wildman–Crippen MR) is 79.2 cm³/mol. The highest BCUT2D eigenvalue weighted by atomic mass is 32.1. The maximum atomic E-state index is 4.94. The van der Waals surface area contributed by atoms with Crippen molar-refractivity contribution in [1.29, 1.82) is 0 Å². The fraction of sp³-hybridized carbons (Fsp3) is 0.562. The van der Waals surface area contributed by atoms with Crippen molar-refractivity contribution < 1.29 is 0 Å². The van der Waals surface area contributed by atoms with Crippen LogP contribution in [0.25, 0.3) is 10.2 Å². The van der Waals surface area contributed by atoms with Gasteiger partial charge in [-0.25, -0.2) is 4.98 Å². The van der Waals surface area contributed by atoms with E-state index in [-0.39, 0.29) is 0 Å². The minimum atomic E-state index is 0.387. The lowest BCUT2D eigenvalue weighted by atomic mass is 9.79. The number of hydrogen-bond donors (Lipinski definition) is 0. The van der Waals surface area contributed by atoms with Gasteiger partial charge in [0.25, 0.3) is 0 Å². The molecular weight excluding hydrogens is 238 g/mol. The zero-order valence-corrected chi connectivity index (χ0v) is 12.1. The van der Waals surface area contributed by atoms with Gasteiger partial charge >= 0.3 is 0 Å². The summed E-state index contributed by atoms with van der Waals surface area (Å²) >= 11 is 1.92. The third-order valence-electron chi connectivity index (χ3n) is 4.11. The number of rotatable bonds is 3. The molecule has 1 nitrogen and oxygen atoms in total. The Morgan fingerprint density at radius 3 is 2.61 bits per heavy atom. The van der Waals surface area contributed by atoms with Crippen molar-refractivity contribution in [2.45, 2.75) is 51.4 Å². The Labute approximate surface area is 113 Å². The van der Waals surface area contributed by atoms with Crippen LogP contribution in [0.5, 0.6) is 0 Å². The molecule has 1 saturated carbocycles. The molecule has 0 saturated heterocycles. The van der Waals surface area contributed by atoms with Crippen LogP contribution in [0, 0.1) is 5.92 Å². The molecule has 1 aliphatic carbocycles. The van der Waals surface area contributed by atoms with Crippen molar-refractivity contribution in [3.8, 4) is 0 Å². The van der Waals surface area contributed by atoms with E-state index in [2.05, 4.69) is 38.1 Å². The smallest absolute Gasteiger partial charge is 0.1000 e. The fourth-order valence-corrected chi connectivity index (χ4v) is 4.66. The third kappa shape index (κ3) is 2.07. The highest BCUT2D eigenvalue weighted by molar-refractivity contribution is 7.18. The average Bonchev–Trinajstić information content (AvgIpc) is 2.94. The molecule has 0 spiro atoms. The minimum Gasteiger partial charge on any atom is -0.241 e. The van der Waals surface area contributed by atoms with Crippen molar-refractivity contribution in [2.24, 2.45) is 5.92 Å². The summed E-state index contributed by atoms with van der Waals surface area (Å²) < 4.78 is 1.35. The first-order valence-electron chi connectivity index (χ1n) is 7.06. The van der Waals surface area contributed by atoms with E-state index in [0.717, 1.165) is 5.92 Å². The molecule has 96 valence electrons. The van der Waals surface area contributed by atoms with E-state index in [1.54, 1.807) is 0 Å². The Bertz CT molecular complexity index is 502. The summed E-state index contributed by atoms with van der Waals surface area (Å²) in [7, 11) is 0. The molecule has 3 rings (SSSR count). The highest BCUT2D eigenvalue weighted by Crippen LogP contribution is 2.47. The first kappa shape index (κ1) is 12.2. The molecule has 0 N–H and O–H groups in total. The Hall–Kier alpha value is -0.890. The molecule has 1 aromatic carbocycles. The van der Waals surface area contributed by atoms with Crippen LogP contribution < -0.4 is 0 Å². The van der Waals surface area contributed by atoms with Crippen molar-refractivity contribution in [3.63, 3.8) is 0 Å².